The van der Waals surface area contributed by atoms with Crippen LogP contribution in [0, 0.1) is 0 Å². The molecule has 3 rings (SSSR count). The van der Waals surface area contributed by atoms with Gasteiger partial charge in [-0.15, -0.1) is 0 Å². The van der Waals surface area contributed by atoms with E-state index in [9.17, 15) is 9.13 Å². The summed E-state index contributed by atoms with van der Waals surface area (Å²) in [6.07, 6.45) is 2.61. The molecule has 0 radical (unpaired) electrons. The number of fused-ring (bicyclic) bond motifs is 1. The first-order valence-electron chi connectivity index (χ1n) is 6.68. The van der Waals surface area contributed by atoms with E-state index in [0.717, 1.165) is 11.0 Å². The molecule has 1 aromatic heterocycles. The first-order chi connectivity index (χ1) is 10.2. The fourth-order valence-electron chi connectivity index (χ4n) is 2.77. The van der Waals surface area contributed by atoms with Crippen LogP contribution in [0.5, 0.6) is 0 Å². The molecule has 6 nitrogen and oxygen atoms in total. The van der Waals surface area contributed by atoms with Crippen LogP contribution in [0.3, 0.4) is 0 Å². The molecule has 8 heteroatoms. The van der Waals surface area contributed by atoms with Crippen LogP contribution in [0.2, 0.25) is 0 Å². The molecule has 21 heavy (non-hydrogen) atoms. The van der Waals surface area contributed by atoms with E-state index in [1.165, 1.54) is 0 Å². The van der Waals surface area contributed by atoms with E-state index in [1.54, 1.807) is 6.33 Å². The lowest BCUT2D eigenvalue weighted by Crippen LogP contribution is -2.37. The average Bonchev–Trinajstić information content (AvgIpc) is 2.93. The van der Waals surface area contributed by atoms with Gasteiger partial charge in [0.1, 0.15) is 5.52 Å². The van der Waals surface area contributed by atoms with Gasteiger partial charge in [-0.25, -0.2) is 4.98 Å². The van der Waals surface area contributed by atoms with Crippen LogP contribution in [-0.4, -0.2) is 34.1 Å². The summed E-state index contributed by atoms with van der Waals surface area (Å²) in [5.41, 5.74) is 8.14. The second kappa shape index (κ2) is 6.18. The van der Waals surface area contributed by atoms with Gasteiger partial charge in [0.25, 0.3) is 0 Å². The third kappa shape index (κ3) is 2.71. The van der Waals surface area contributed by atoms with E-state index < -0.39 is 0 Å². The van der Waals surface area contributed by atoms with E-state index in [-0.39, 0.29) is 34.7 Å². The highest BCUT2D eigenvalue weighted by atomic mass is 31.1. The van der Waals surface area contributed by atoms with Crippen molar-refractivity contribution in [1.29, 1.82) is 0 Å². The van der Waals surface area contributed by atoms with Gasteiger partial charge in [0.15, 0.2) is 16.9 Å². The Kier molecular flexibility index (Phi) is 4.29. The lowest BCUT2D eigenvalue weighted by atomic mass is 10.0. The molecule has 2 aromatic rings. The van der Waals surface area contributed by atoms with Crippen LogP contribution in [0.4, 0.5) is 5.69 Å². The van der Waals surface area contributed by atoms with Crippen molar-refractivity contribution in [2.75, 3.05) is 18.5 Å². The highest BCUT2D eigenvalue weighted by Gasteiger charge is 2.33. The predicted octanol–water partition coefficient (Wildman–Crippen LogP) is 2.90. The Labute approximate surface area is 125 Å². The lowest BCUT2D eigenvalue weighted by molar-refractivity contribution is 0.00625. The van der Waals surface area contributed by atoms with E-state index in [1.807, 2.05) is 22.8 Å². The van der Waals surface area contributed by atoms with Crippen molar-refractivity contribution in [3.05, 3.63) is 24.5 Å². The Morgan fingerprint density at radius 2 is 2.29 bits per heavy atom. The highest BCUT2D eigenvalue weighted by molar-refractivity contribution is 7.25. The van der Waals surface area contributed by atoms with E-state index in [2.05, 4.69) is 4.98 Å². The minimum absolute atomic E-state index is 0.0238. The molecule has 0 saturated carbocycles. The minimum Gasteiger partial charge on any atom is -0.397 e. The summed E-state index contributed by atoms with van der Waals surface area (Å²) in [5, 5.41) is 0. The number of nitrogens with zero attached hydrogens (tertiary/aromatic N) is 2. The number of hydrogen-bond donors (Lipinski definition) is 1. The number of rotatable bonds is 4. The minimum atomic E-state index is -0.223. The summed E-state index contributed by atoms with van der Waals surface area (Å²) < 4.78 is 29.9. The van der Waals surface area contributed by atoms with Crippen molar-refractivity contribution < 1.29 is 13.9 Å². The summed E-state index contributed by atoms with van der Waals surface area (Å²) >= 11 is 0. The van der Waals surface area contributed by atoms with Gasteiger partial charge in [-0.3, -0.25) is 9.13 Å². The number of imidazole rings is 1. The van der Waals surface area contributed by atoms with Crippen LogP contribution in [0.25, 0.3) is 11.0 Å². The zero-order valence-corrected chi connectivity index (χ0v) is 13.0. The molecule has 2 unspecified atom stereocenters. The summed E-state index contributed by atoms with van der Waals surface area (Å²) in [4.78, 5) is 4.35. The normalized spacial score (nSPS) is 26.6. The van der Waals surface area contributed by atoms with E-state index in [0.29, 0.717) is 24.9 Å². The molecule has 1 fully saturated rings. The van der Waals surface area contributed by atoms with Gasteiger partial charge in [0.2, 0.25) is 0 Å². The average molecular weight is 323 g/mol. The quantitative estimate of drug-likeness (QED) is 0.690. The van der Waals surface area contributed by atoms with Crippen molar-refractivity contribution in [2.45, 2.75) is 24.2 Å². The van der Waals surface area contributed by atoms with Crippen LogP contribution in [0.1, 0.15) is 12.5 Å². The van der Waals surface area contributed by atoms with Crippen LogP contribution < -0.4 is 5.73 Å². The SMILES string of the molecule is Nc1cccc2c1ncn2[C@@H]1COC(CP=O)C(P=O)C1. The molecule has 1 saturated heterocycles. The van der Waals surface area contributed by atoms with Gasteiger partial charge in [0.05, 0.1) is 48.1 Å². The Morgan fingerprint density at radius 1 is 1.43 bits per heavy atom. The molecule has 2 N–H and O–H groups in total. The number of nitrogens with two attached hydrogens (primary N) is 1. The summed E-state index contributed by atoms with van der Waals surface area (Å²) in [6, 6.07) is 5.73. The molecule has 2 heterocycles. The third-order valence-electron chi connectivity index (χ3n) is 3.86. The third-order valence-corrected chi connectivity index (χ3v) is 5.19. The summed E-state index contributed by atoms with van der Waals surface area (Å²) in [7, 11) is 0.0548. The Morgan fingerprint density at radius 3 is 3.05 bits per heavy atom. The standard InChI is InChI=1S/C13H15N3O3P2/c14-9-2-1-3-10-13(9)15-7-16(10)8-4-12(21-18)11(6-20-17)19-5-8/h1-3,7-8,11-12H,4-6,14H2/t8-,11?,12?/m0/s1. The van der Waals surface area contributed by atoms with Gasteiger partial charge >= 0.3 is 0 Å². The number of benzene rings is 1. The van der Waals surface area contributed by atoms with Gasteiger partial charge in [0, 0.05) is 0 Å². The molecule has 3 atom stereocenters. The van der Waals surface area contributed by atoms with Crippen molar-refractivity contribution in [3.63, 3.8) is 0 Å². The maximum absolute atomic E-state index is 11.3. The topological polar surface area (TPSA) is 87.2 Å². The molecule has 1 aliphatic rings. The monoisotopic (exact) mass is 323 g/mol. The van der Waals surface area contributed by atoms with Crippen molar-refractivity contribution in [3.8, 4) is 0 Å². The Bertz CT molecular complexity index is 676. The van der Waals surface area contributed by atoms with Crippen molar-refractivity contribution in [1.82, 2.24) is 9.55 Å². The number of hydrogen-bond acceptors (Lipinski definition) is 5. The number of aromatic nitrogens is 2. The lowest BCUT2D eigenvalue weighted by Gasteiger charge is -2.32. The molecular weight excluding hydrogens is 308 g/mol. The van der Waals surface area contributed by atoms with Crippen LogP contribution in [-0.2, 0) is 13.9 Å². The molecule has 0 bridgehead atoms. The fraction of sp³-hybridized carbons (Fsp3) is 0.462. The second-order valence-electron chi connectivity index (χ2n) is 5.11. The Hall–Kier alpha value is -1.35. The molecule has 1 aromatic carbocycles. The van der Waals surface area contributed by atoms with Gasteiger partial charge in [-0.1, -0.05) is 6.07 Å². The first-order valence-corrected chi connectivity index (χ1v) is 8.56. The molecule has 0 aliphatic carbocycles. The molecule has 0 spiro atoms. The zero-order valence-electron chi connectivity index (χ0n) is 11.3. The van der Waals surface area contributed by atoms with Gasteiger partial charge in [-0.05, 0) is 18.6 Å². The first kappa shape index (κ1) is 14.6. The predicted molar refractivity (Wildman–Crippen MR) is 81.4 cm³/mol. The second-order valence-corrected chi connectivity index (χ2v) is 6.61. The summed E-state index contributed by atoms with van der Waals surface area (Å²) in [5.74, 6) is 0. The zero-order chi connectivity index (χ0) is 14.8. The van der Waals surface area contributed by atoms with E-state index >= 15 is 0 Å². The number of para-hydroxylation sites is 1. The number of nitrogen functional groups attached to an aromatic ring is 1. The van der Waals surface area contributed by atoms with Crippen molar-refractivity contribution in [2.24, 2.45) is 0 Å². The molecule has 0 amide bonds. The smallest absolute Gasteiger partial charge is 0.161 e. The fourth-order valence-corrected chi connectivity index (χ4v) is 4.10. The number of ether oxygens (including phenoxy) is 1. The summed E-state index contributed by atoms with van der Waals surface area (Å²) in [6.45, 7) is 0.493. The van der Waals surface area contributed by atoms with Crippen LogP contribution in [0.15, 0.2) is 24.5 Å². The highest BCUT2D eigenvalue weighted by Crippen LogP contribution is 2.34. The number of anilines is 1. The molecular formula is C13H15N3O3P2. The van der Waals surface area contributed by atoms with Gasteiger partial charge < -0.3 is 15.0 Å². The van der Waals surface area contributed by atoms with Gasteiger partial charge in [-0.2, -0.15) is 0 Å². The maximum Gasteiger partial charge on any atom is 0.161 e. The van der Waals surface area contributed by atoms with Crippen LogP contribution >= 0.6 is 16.9 Å². The molecule has 110 valence electrons. The Balaban J connectivity index is 1.88. The van der Waals surface area contributed by atoms with Crippen molar-refractivity contribution >= 4 is 33.6 Å². The van der Waals surface area contributed by atoms with E-state index in [4.69, 9.17) is 10.5 Å². The maximum atomic E-state index is 11.3. The molecule has 1 aliphatic heterocycles. The largest absolute Gasteiger partial charge is 0.397 e.